The Morgan fingerprint density at radius 1 is 1.19 bits per heavy atom. The summed E-state index contributed by atoms with van der Waals surface area (Å²) in [6.45, 7) is 2.15. The fraction of sp³-hybridized carbons (Fsp3) is 0.143. The highest BCUT2D eigenvalue weighted by Crippen LogP contribution is 2.15. The van der Waals surface area contributed by atoms with Crippen molar-refractivity contribution in [3.05, 3.63) is 63.8 Å². The molecule has 0 radical (unpaired) electrons. The van der Waals surface area contributed by atoms with Crippen molar-refractivity contribution in [3.63, 3.8) is 0 Å². The average molecular weight is 296 g/mol. The lowest BCUT2D eigenvalue weighted by Crippen LogP contribution is -2.20. The minimum atomic E-state index is -1.63. The van der Waals surface area contributed by atoms with Gasteiger partial charge in [0.25, 0.3) is 11.5 Å². The van der Waals surface area contributed by atoms with E-state index in [1.54, 1.807) is 6.92 Å². The summed E-state index contributed by atoms with van der Waals surface area (Å²) in [5.74, 6) is -5.34. The summed E-state index contributed by atoms with van der Waals surface area (Å²) in [5.41, 5.74) is -0.318. The number of amides is 1. The van der Waals surface area contributed by atoms with Crippen molar-refractivity contribution in [3.8, 4) is 0 Å². The van der Waals surface area contributed by atoms with Gasteiger partial charge < -0.3 is 9.88 Å². The van der Waals surface area contributed by atoms with Gasteiger partial charge in [-0.1, -0.05) is 0 Å². The van der Waals surface area contributed by atoms with Gasteiger partial charge in [-0.05, 0) is 25.1 Å². The average Bonchev–Trinajstić information content (AvgIpc) is 2.46. The molecular formula is C14H11F3N2O2. The Balaban J connectivity index is 2.28. The first kappa shape index (κ1) is 14.8. The number of aromatic nitrogens is 1. The van der Waals surface area contributed by atoms with Gasteiger partial charge in [-0.2, -0.15) is 0 Å². The van der Waals surface area contributed by atoms with Crippen LogP contribution in [0, 0.1) is 17.5 Å². The first-order valence-electron chi connectivity index (χ1n) is 6.08. The second kappa shape index (κ2) is 5.82. The molecule has 0 aliphatic carbocycles. The molecule has 1 aromatic carbocycles. The monoisotopic (exact) mass is 296 g/mol. The molecule has 2 aromatic rings. The van der Waals surface area contributed by atoms with Crippen LogP contribution in [-0.4, -0.2) is 10.5 Å². The van der Waals surface area contributed by atoms with Crippen LogP contribution < -0.4 is 10.9 Å². The second-order valence-corrected chi connectivity index (χ2v) is 4.25. The number of rotatable bonds is 3. The van der Waals surface area contributed by atoms with Crippen molar-refractivity contribution in [2.75, 3.05) is 5.32 Å². The van der Waals surface area contributed by atoms with Crippen molar-refractivity contribution in [2.45, 2.75) is 13.5 Å². The van der Waals surface area contributed by atoms with Crippen LogP contribution in [0.1, 0.15) is 17.3 Å². The van der Waals surface area contributed by atoms with E-state index in [4.69, 9.17) is 0 Å². The number of benzene rings is 1. The number of halogens is 3. The molecule has 0 fully saturated rings. The highest BCUT2D eigenvalue weighted by molar-refractivity contribution is 6.04. The molecule has 0 spiro atoms. The summed E-state index contributed by atoms with van der Waals surface area (Å²) >= 11 is 0. The van der Waals surface area contributed by atoms with Crippen LogP contribution in [0.25, 0.3) is 0 Å². The summed E-state index contributed by atoms with van der Waals surface area (Å²) in [5, 5.41) is 2.38. The minimum Gasteiger partial charge on any atom is -0.321 e. The molecule has 1 heterocycles. The van der Waals surface area contributed by atoms with Gasteiger partial charge >= 0.3 is 0 Å². The second-order valence-electron chi connectivity index (χ2n) is 4.25. The van der Waals surface area contributed by atoms with Crippen LogP contribution in [0.2, 0.25) is 0 Å². The van der Waals surface area contributed by atoms with E-state index in [0.717, 1.165) is 0 Å². The molecule has 0 atom stereocenters. The molecule has 0 saturated heterocycles. The zero-order valence-corrected chi connectivity index (χ0v) is 11.0. The van der Waals surface area contributed by atoms with Gasteiger partial charge in [0, 0.05) is 24.4 Å². The van der Waals surface area contributed by atoms with Gasteiger partial charge in [0.15, 0.2) is 17.5 Å². The van der Waals surface area contributed by atoms with E-state index in [2.05, 4.69) is 5.32 Å². The quantitative estimate of drug-likeness (QED) is 0.885. The van der Waals surface area contributed by atoms with Gasteiger partial charge in [-0.25, -0.2) is 13.2 Å². The number of nitrogens with one attached hydrogen (secondary N) is 1. The Labute approximate surface area is 117 Å². The molecule has 0 aliphatic heterocycles. The Kier molecular flexibility index (Phi) is 4.11. The van der Waals surface area contributed by atoms with E-state index in [9.17, 15) is 22.8 Å². The molecule has 0 saturated carbocycles. The summed E-state index contributed by atoms with van der Waals surface area (Å²) in [7, 11) is 0. The van der Waals surface area contributed by atoms with Crippen LogP contribution in [0.4, 0.5) is 18.9 Å². The number of pyridine rings is 1. The minimum absolute atomic E-state index is 0.241. The van der Waals surface area contributed by atoms with E-state index in [-0.39, 0.29) is 16.8 Å². The molecule has 110 valence electrons. The number of carbonyl (C=O) groups excluding carboxylic acids is 1. The van der Waals surface area contributed by atoms with Crippen molar-refractivity contribution < 1.29 is 18.0 Å². The molecular weight excluding hydrogens is 285 g/mol. The maximum absolute atomic E-state index is 13.1. The topological polar surface area (TPSA) is 51.1 Å². The molecule has 1 amide bonds. The lowest BCUT2D eigenvalue weighted by molar-refractivity contribution is 0.102. The van der Waals surface area contributed by atoms with Crippen LogP contribution in [0.15, 0.2) is 35.3 Å². The highest BCUT2D eigenvalue weighted by Gasteiger charge is 2.15. The first-order valence-corrected chi connectivity index (χ1v) is 6.08. The highest BCUT2D eigenvalue weighted by atomic mass is 19.2. The zero-order valence-electron chi connectivity index (χ0n) is 11.0. The smallest absolute Gasteiger partial charge is 0.255 e. The van der Waals surface area contributed by atoms with Gasteiger partial charge in [0.1, 0.15) is 0 Å². The Morgan fingerprint density at radius 3 is 2.38 bits per heavy atom. The largest absolute Gasteiger partial charge is 0.321 e. The zero-order chi connectivity index (χ0) is 15.6. The summed E-state index contributed by atoms with van der Waals surface area (Å²) in [4.78, 5) is 23.3. The summed E-state index contributed by atoms with van der Waals surface area (Å²) in [6.07, 6.45) is 1.40. The standard InChI is InChI=1S/C14H11F3N2O2/c1-2-19-7-9(3-4-12(19)20)18-14(21)8-5-10(15)13(17)11(16)6-8/h3-7H,2H2,1H3,(H,18,21). The third-order valence-corrected chi connectivity index (χ3v) is 2.83. The lowest BCUT2D eigenvalue weighted by atomic mass is 10.2. The third-order valence-electron chi connectivity index (χ3n) is 2.83. The molecule has 7 heteroatoms. The molecule has 1 N–H and O–H groups in total. The number of hydrogen-bond acceptors (Lipinski definition) is 2. The predicted octanol–water partition coefficient (Wildman–Crippen LogP) is 2.54. The lowest BCUT2D eigenvalue weighted by Gasteiger charge is -2.08. The van der Waals surface area contributed by atoms with Gasteiger partial charge in [0.2, 0.25) is 0 Å². The normalized spacial score (nSPS) is 10.5. The van der Waals surface area contributed by atoms with E-state index < -0.39 is 23.4 Å². The fourth-order valence-corrected chi connectivity index (χ4v) is 1.74. The molecule has 4 nitrogen and oxygen atoms in total. The summed E-state index contributed by atoms with van der Waals surface area (Å²) in [6, 6.07) is 3.82. The molecule has 21 heavy (non-hydrogen) atoms. The number of carbonyl (C=O) groups is 1. The van der Waals surface area contributed by atoms with E-state index in [1.807, 2.05) is 0 Å². The summed E-state index contributed by atoms with van der Waals surface area (Å²) < 4.78 is 40.3. The van der Waals surface area contributed by atoms with Crippen molar-refractivity contribution in [1.82, 2.24) is 4.57 Å². The van der Waals surface area contributed by atoms with Gasteiger partial charge in [-0.15, -0.1) is 0 Å². The van der Waals surface area contributed by atoms with Crippen LogP contribution in [-0.2, 0) is 6.54 Å². The first-order chi connectivity index (χ1) is 9.92. The third kappa shape index (κ3) is 3.13. The van der Waals surface area contributed by atoms with Gasteiger partial charge in [-0.3, -0.25) is 9.59 Å². The predicted molar refractivity (Wildman–Crippen MR) is 70.6 cm³/mol. The Bertz CT molecular complexity index is 733. The molecule has 2 rings (SSSR count). The molecule has 0 unspecified atom stereocenters. The number of anilines is 1. The maximum atomic E-state index is 13.1. The Hall–Kier alpha value is -2.57. The fourth-order valence-electron chi connectivity index (χ4n) is 1.74. The van der Waals surface area contributed by atoms with Crippen LogP contribution >= 0.6 is 0 Å². The van der Waals surface area contributed by atoms with Gasteiger partial charge in [0.05, 0.1) is 5.69 Å². The Morgan fingerprint density at radius 2 is 1.81 bits per heavy atom. The van der Waals surface area contributed by atoms with Crippen molar-refractivity contribution >= 4 is 11.6 Å². The van der Waals surface area contributed by atoms with E-state index >= 15 is 0 Å². The molecule has 1 aromatic heterocycles. The molecule has 0 bridgehead atoms. The number of nitrogens with zero attached hydrogens (tertiary/aromatic N) is 1. The maximum Gasteiger partial charge on any atom is 0.255 e. The van der Waals surface area contributed by atoms with E-state index in [0.29, 0.717) is 18.7 Å². The van der Waals surface area contributed by atoms with Crippen molar-refractivity contribution in [2.24, 2.45) is 0 Å². The van der Waals surface area contributed by atoms with Crippen LogP contribution in [0.3, 0.4) is 0 Å². The van der Waals surface area contributed by atoms with Crippen LogP contribution in [0.5, 0.6) is 0 Å². The molecule has 0 aliphatic rings. The number of hydrogen-bond donors (Lipinski definition) is 1. The SMILES string of the molecule is CCn1cc(NC(=O)c2cc(F)c(F)c(F)c2)ccc1=O. The van der Waals surface area contributed by atoms with Crippen molar-refractivity contribution in [1.29, 1.82) is 0 Å². The van der Waals surface area contributed by atoms with E-state index in [1.165, 1.54) is 22.9 Å². The number of aryl methyl sites for hydroxylation is 1.